The Hall–Kier alpha value is -4.45. The monoisotopic (exact) mass is 417 g/mol. The lowest BCUT2D eigenvalue weighted by Crippen LogP contribution is -2.28. The van der Waals surface area contributed by atoms with E-state index in [1.165, 1.54) is 38.3 Å². The third-order valence-corrected chi connectivity index (χ3v) is 4.90. The first-order valence-electron chi connectivity index (χ1n) is 9.20. The highest BCUT2D eigenvalue weighted by atomic mass is 16.4. The largest absolute Gasteiger partial charge is 0.467 e. The molecule has 0 bridgehead atoms. The number of carbonyl (C=O) groups is 4. The minimum Gasteiger partial charge on any atom is -0.467 e. The van der Waals surface area contributed by atoms with E-state index in [-0.39, 0.29) is 51.8 Å². The van der Waals surface area contributed by atoms with E-state index >= 15 is 0 Å². The van der Waals surface area contributed by atoms with E-state index in [9.17, 15) is 24.4 Å². The molecule has 2 aromatic heterocycles. The first kappa shape index (κ1) is 19.8. The predicted molar refractivity (Wildman–Crippen MR) is 105 cm³/mol. The second-order valence-corrected chi connectivity index (χ2v) is 6.90. The molecule has 1 N–H and O–H groups in total. The Morgan fingerprint density at radius 2 is 1.90 bits per heavy atom. The maximum Gasteiger partial charge on any atom is 0.261 e. The predicted octanol–water partition coefficient (Wildman–Crippen LogP) is 3.30. The lowest BCUT2D eigenvalue weighted by molar-refractivity contribution is 0.0631. The van der Waals surface area contributed by atoms with Gasteiger partial charge in [0, 0.05) is 5.56 Å². The second kappa shape index (κ2) is 7.42. The number of rotatable bonds is 5. The van der Waals surface area contributed by atoms with Gasteiger partial charge >= 0.3 is 0 Å². The second-order valence-electron chi connectivity index (χ2n) is 6.90. The third kappa shape index (κ3) is 3.30. The number of amides is 3. The fraction of sp³-hybridized carbons (Fsp3) is 0.136. The number of hydrogen-bond acceptors (Lipinski definition) is 7. The number of carbonyl (C=O) groups excluding carboxylic acids is 4. The summed E-state index contributed by atoms with van der Waals surface area (Å²) in [6.45, 7) is 2.79. The SMILES string of the molecule is CC(=O)c1c(C)oc(NC(=O)c2ccc3c(c2)C(=O)N(Cc2ccco2)C3=O)c1C#N. The summed E-state index contributed by atoms with van der Waals surface area (Å²) in [5.74, 6) is -1.55. The van der Waals surface area contributed by atoms with Crippen molar-refractivity contribution in [2.75, 3.05) is 5.32 Å². The van der Waals surface area contributed by atoms with Crippen LogP contribution in [0.4, 0.5) is 5.88 Å². The highest BCUT2D eigenvalue weighted by Gasteiger charge is 2.36. The number of nitriles is 1. The molecule has 0 saturated carbocycles. The minimum absolute atomic E-state index is 0.0219. The van der Waals surface area contributed by atoms with Gasteiger partial charge < -0.3 is 8.83 Å². The molecule has 0 radical (unpaired) electrons. The Morgan fingerprint density at radius 3 is 2.55 bits per heavy atom. The molecule has 1 aliphatic rings. The summed E-state index contributed by atoms with van der Waals surface area (Å²) in [5.41, 5.74) is 0.377. The summed E-state index contributed by atoms with van der Waals surface area (Å²) < 4.78 is 10.6. The van der Waals surface area contributed by atoms with Crippen LogP contribution >= 0.6 is 0 Å². The van der Waals surface area contributed by atoms with Crippen LogP contribution in [-0.2, 0) is 6.54 Å². The van der Waals surface area contributed by atoms with Crippen LogP contribution in [0.5, 0.6) is 0 Å². The Kier molecular flexibility index (Phi) is 4.75. The fourth-order valence-electron chi connectivity index (χ4n) is 3.47. The van der Waals surface area contributed by atoms with Gasteiger partial charge in [0.25, 0.3) is 17.7 Å². The van der Waals surface area contributed by atoms with Crippen molar-refractivity contribution in [2.45, 2.75) is 20.4 Å². The summed E-state index contributed by atoms with van der Waals surface area (Å²) in [5, 5.41) is 11.8. The quantitative estimate of drug-likeness (QED) is 0.497. The molecule has 9 heteroatoms. The zero-order valence-corrected chi connectivity index (χ0v) is 16.5. The summed E-state index contributed by atoms with van der Waals surface area (Å²) in [6.07, 6.45) is 1.44. The van der Waals surface area contributed by atoms with Crippen LogP contribution in [0.3, 0.4) is 0 Å². The van der Waals surface area contributed by atoms with E-state index in [4.69, 9.17) is 8.83 Å². The van der Waals surface area contributed by atoms with Gasteiger partial charge in [-0.15, -0.1) is 0 Å². The van der Waals surface area contributed by atoms with Crippen molar-refractivity contribution in [3.05, 3.63) is 75.9 Å². The van der Waals surface area contributed by atoms with Gasteiger partial charge in [0.1, 0.15) is 23.2 Å². The van der Waals surface area contributed by atoms with Crippen LogP contribution < -0.4 is 5.32 Å². The number of anilines is 1. The van der Waals surface area contributed by atoms with Crippen molar-refractivity contribution in [3.8, 4) is 6.07 Å². The van der Waals surface area contributed by atoms with E-state index < -0.39 is 17.7 Å². The number of benzene rings is 1. The summed E-state index contributed by atoms with van der Waals surface area (Å²) in [6, 6.07) is 9.26. The van der Waals surface area contributed by atoms with Crippen LogP contribution in [0.1, 0.15) is 65.4 Å². The molecular formula is C22H15N3O6. The van der Waals surface area contributed by atoms with Gasteiger partial charge in [-0.2, -0.15) is 5.26 Å². The highest BCUT2D eigenvalue weighted by Crippen LogP contribution is 2.29. The first-order valence-corrected chi connectivity index (χ1v) is 9.20. The first-order chi connectivity index (χ1) is 14.8. The van der Waals surface area contributed by atoms with Crippen molar-refractivity contribution < 1.29 is 28.0 Å². The molecule has 1 aromatic carbocycles. The average molecular weight is 417 g/mol. The minimum atomic E-state index is -0.659. The Labute approximate surface area is 175 Å². The number of nitrogens with one attached hydrogen (secondary N) is 1. The van der Waals surface area contributed by atoms with E-state index in [2.05, 4.69) is 5.32 Å². The summed E-state index contributed by atoms with van der Waals surface area (Å²) in [7, 11) is 0. The topological polar surface area (TPSA) is 134 Å². The number of Topliss-reactive ketones (excluding diaryl/α,β-unsaturated/α-hetero) is 1. The van der Waals surface area contributed by atoms with Gasteiger partial charge in [-0.05, 0) is 44.2 Å². The molecule has 0 fully saturated rings. The molecule has 3 aromatic rings. The van der Waals surface area contributed by atoms with E-state index in [1.807, 2.05) is 6.07 Å². The maximum absolute atomic E-state index is 12.7. The normalized spacial score (nSPS) is 12.6. The van der Waals surface area contributed by atoms with Crippen molar-refractivity contribution in [1.29, 1.82) is 5.26 Å². The van der Waals surface area contributed by atoms with Gasteiger partial charge in [-0.1, -0.05) is 0 Å². The smallest absolute Gasteiger partial charge is 0.261 e. The highest BCUT2D eigenvalue weighted by molar-refractivity contribution is 6.22. The molecule has 0 spiro atoms. The molecule has 0 atom stereocenters. The Morgan fingerprint density at radius 1 is 1.16 bits per heavy atom. The molecule has 4 rings (SSSR count). The van der Waals surface area contributed by atoms with Crippen LogP contribution in [0.2, 0.25) is 0 Å². The van der Waals surface area contributed by atoms with Crippen LogP contribution in [0, 0.1) is 18.3 Å². The van der Waals surface area contributed by atoms with Gasteiger partial charge in [-0.3, -0.25) is 29.4 Å². The molecule has 0 aliphatic carbocycles. The van der Waals surface area contributed by atoms with Crippen LogP contribution in [0.25, 0.3) is 0 Å². The lowest BCUT2D eigenvalue weighted by Gasteiger charge is -2.11. The number of imide groups is 1. The zero-order chi connectivity index (χ0) is 22.3. The molecule has 3 amide bonds. The van der Waals surface area contributed by atoms with Crippen molar-refractivity contribution in [3.63, 3.8) is 0 Å². The number of aryl methyl sites for hydroxylation is 1. The molecule has 0 saturated heterocycles. The molecule has 9 nitrogen and oxygen atoms in total. The van der Waals surface area contributed by atoms with Crippen LogP contribution in [-0.4, -0.2) is 28.4 Å². The molecular weight excluding hydrogens is 402 g/mol. The van der Waals surface area contributed by atoms with E-state index in [0.717, 1.165) is 4.90 Å². The van der Waals surface area contributed by atoms with E-state index in [1.54, 1.807) is 12.1 Å². The molecule has 154 valence electrons. The van der Waals surface area contributed by atoms with Gasteiger partial charge in [0.15, 0.2) is 5.78 Å². The summed E-state index contributed by atoms with van der Waals surface area (Å²) in [4.78, 5) is 50.8. The molecule has 0 unspecified atom stereocenters. The van der Waals surface area contributed by atoms with Crippen molar-refractivity contribution in [2.24, 2.45) is 0 Å². The third-order valence-electron chi connectivity index (χ3n) is 4.90. The Balaban J connectivity index is 1.61. The van der Waals surface area contributed by atoms with Crippen molar-refractivity contribution >= 4 is 29.4 Å². The standard InChI is InChI=1S/C22H15N3O6/c1-11(26)18-12(2)31-20(17(18)9-23)24-19(27)13-5-6-15-16(8-13)22(29)25(21(15)28)10-14-4-3-7-30-14/h3-8H,10H2,1-2H3,(H,24,27). The fourth-order valence-corrected chi connectivity index (χ4v) is 3.47. The number of hydrogen-bond donors (Lipinski definition) is 1. The summed E-state index contributed by atoms with van der Waals surface area (Å²) >= 11 is 0. The van der Waals surface area contributed by atoms with E-state index in [0.29, 0.717) is 5.76 Å². The maximum atomic E-state index is 12.7. The number of fused-ring (bicyclic) bond motifs is 1. The molecule has 3 heterocycles. The molecule has 1 aliphatic heterocycles. The number of ketones is 1. The molecule has 31 heavy (non-hydrogen) atoms. The van der Waals surface area contributed by atoms with Gasteiger partial charge in [0.2, 0.25) is 5.88 Å². The number of nitrogens with zero attached hydrogens (tertiary/aromatic N) is 2. The Bertz CT molecular complexity index is 1290. The zero-order valence-electron chi connectivity index (χ0n) is 16.5. The van der Waals surface area contributed by atoms with Crippen LogP contribution in [0.15, 0.2) is 45.4 Å². The average Bonchev–Trinajstić information content (AvgIpc) is 3.42. The lowest BCUT2D eigenvalue weighted by atomic mass is 10.0. The van der Waals surface area contributed by atoms with Gasteiger partial charge in [-0.25, -0.2) is 0 Å². The van der Waals surface area contributed by atoms with Gasteiger partial charge in [0.05, 0.1) is 29.5 Å². The van der Waals surface area contributed by atoms with Crippen molar-refractivity contribution in [1.82, 2.24) is 4.90 Å². The number of furan rings is 2.